The first-order valence-corrected chi connectivity index (χ1v) is 11.5. The third kappa shape index (κ3) is 6.06. The van der Waals surface area contributed by atoms with Crippen LogP contribution in [0, 0.1) is 5.92 Å². The number of carbonyl (C=O) groups is 1. The number of sulfonamides is 1. The molecule has 6 nitrogen and oxygen atoms in total. The minimum Gasteiger partial charge on any atom is -0.326 e. The van der Waals surface area contributed by atoms with Crippen molar-refractivity contribution in [3.8, 4) is 0 Å². The Morgan fingerprint density at radius 1 is 1.07 bits per heavy atom. The van der Waals surface area contributed by atoms with Crippen LogP contribution < -0.4 is 10.0 Å². The fourth-order valence-electron chi connectivity index (χ4n) is 3.78. The van der Waals surface area contributed by atoms with Crippen LogP contribution in [0.2, 0.25) is 0 Å². The number of amidine groups is 1. The molecule has 1 heterocycles. The number of benzene rings is 1. The molecule has 148 valence electrons. The number of nitrogens with one attached hydrogen (secondary N) is 2. The third-order valence-corrected chi connectivity index (χ3v) is 6.63. The number of rotatable bonds is 5. The van der Waals surface area contributed by atoms with E-state index >= 15 is 0 Å². The summed E-state index contributed by atoms with van der Waals surface area (Å²) in [6.07, 6.45) is 10.0. The summed E-state index contributed by atoms with van der Waals surface area (Å²) in [7, 11) is -3.69. The van der Waals surface area contributed by atoms with Crippen LogP contribution in [0.4, 0.5) is 5.69 Å². The van der Waals surface area contributed by atoms with Gasteiger partial charge in [0.05, 0.1) is 4.90 Å². The lowest BCUT2D eigenvalue weighted by atomic mass is 9.87. The zero-order valence-electron chi connectivity index (χ0n) is 15.7. The van der Waals surface area contributed by atoms with Gasteiger partial charge in [-0.15, -0.1) is 0 Å². The van der Waals surface area contributed by atoms with Crippen LogP contribution >= 0.6 is 0 Å². The Balaban J connectivity index is 1.63. The smallest absolute Gasteiger partial charge is 0.262 e. The average molecular weight is 392 g/mol. The van der Waals surface area contributed by atoms with E-state index in [-0.39, 0.29) is 10.8 Å². The zero-order chi connectivity index (χ0) is 19.1. The van der Waals surface area contributed by atoms with E-state index in [0.29, 0.717) is 36.8 Å². The molecule has 0 saturated heterocycles. The first kappa shape index (κ1) is 19.9. The summed E-state index contributed by atoms with van der Waals surface area (Å²) in [5.74, 6) is 0.928. The minimum absolute atomic E-state index is 0.0439. The normalized spacial score (nSPS) is 19.0. The van der Waals surface area contributed by atoms with Gasteiger partial charge >= 0.3 is 0 Å². The number of amides is 1. The predicted octanol–water partition coefficient (Wildman–Crippen LogP) is 3.85. The highest BCUT2D eigenvalue weighted by atomic mass is 32.2. The van der Waals surface area contributed by atoms with Gasteiger partial charge in [0.1, 0.15) is 5.84 Å². The second kappa shape index (κ2) is 9.35. The van der Waals surface area contributed by atoms with Crippen LogP contribution in [0.15, 0.2) is 34.2 Å². The third-order valence-electron chi connectivity index (χ3n) is 5.25. The molecule has 0 unspecified atom stereocenters. The molecule has 2 N–H and O–H groups in total. The Morgan fingerprint density at radius 2 is 1.85 bits per heavy atom. The fourth-order valence-corrected chi connectivity index (χ4v) is 4.91. The van der Waals surface area contributed by atoms with Gasteiger partial charge in [-0.3, -0.25) is 14.5 Å². The molecule has 3 rings (SSSR count). The molecule has 1 aliphatic heterocycles. The van der Waals surface area contributed by atoms with E-state index in [9.17, 15) is 13.2 Å². The predicted molar refractivity (Wildman–Crippen MR) is 107 cm³/mol. The molecule has 1 aromatic rings. The molecule has 0 aromatic heterocycles. The summed E-state index contributed by atoms with van der Waals surface area (Å²) in [5, 5.41) is 2.85. The van der Waals surface area contributed by atoms with Gasteiger partial charge in [0.25, 0.3) is 10.0 Å². The van der Waals surface area contributed by atoms with Crippen LogP contribution in [-0.4, -0.2) is 26.7 Å². The van der Waals surface area contributed by atoms with Crippen molar-refractivity contribution in [1.82, 2.24) is 4.72 Å². The quantitative estimate of drug-likeness (QED) is 0.799. The molecule has 1 fully saturated rings. The Morgan fingerprint density at radius 3 is 2.67 bits per heavy atom. The lowest BCUT2D eigenvalue weighted by molar-refractivity contribution is -0.117. The van der Waals surface area contributed by atoms with Gasteiger partial charge in [0.15, 0.2) is 0 Å². The van der Waals surface area contributed by atoms with Crippen molar-refractivity contribution in [3.05, 3.63) is 24.3 Å². The second-order valence-corrected chi connectivity index (χ2v) is 9.21. The van der Waals surface area contributed by atoms with E-state index in [1.54, 1.807) is 12.1 Å². The monoisotopic (exact) mass is 391 g/mol. The topological polar surface area (TPSA) is 87.6 Å². The van der Waals surface area contributed by atoms with E-state index in [0.717, 1.165) is 32.1 Å². The van der Waals surface area contributed by atoms with E-state index in [1.165, 1.54) is 31.4 Å². The fraction of sp³-hybridized carbons (Fsp3) is 0.600. The number of aliphatic imine (C=N–C) groups is 1. The van der Waals surface area contributed by atoms with Crippen LogP contribution in [0.3, 0.4) is 0 Å². The maximum atomic E-state index is 12.7. The molecule has 2 aliphatic rings. The van der Waals surface area contributed by atoms with Gasteiger partial charge < -0.3 is 5.32 Å². The molecule has 0 atom stereocenters. The van der Waals surface area contributed by atoms with Gasteiger partial charge in [-0.1, -0.05) is 31.7 Å². The highest BCUT2D eigenvalue weighted by Crippen LogP contribution is 2.26. The van der Waals surface area contributed by atoms with Crippen LogP contribution in [-0.2, 0) is 14.8 Å². The largest absolute Gasteiger partial charge is 0.326 e. The number of nitrogens with zero attached hydrogens (tertiary/aromatic N) is 1. The number of anilines is 1. The number of hydrogen-bond acceptors (Lipinski definition) is 4. The summed E-state index contributed by atoms with van der Waals surface area (Å²) in [6, 6.07) is 6.43. The molecule has 1 amide bonds. The molecule has 1 aliphatic carbocycles. The molecule has 7 heteroatoms. The van der Waals surface area contributed by atoms with Crippen molar-refractivity contribution in [3.63, 3.8) is 0 Å². The Hall–Kier alpha value is -1.89. The molecular formula is C20H29N3O3S. The van der Waals surface area contributed by atoms with Gasteiger partial charge in [-0.25, -0.2) is 8.42 Å². The van der Waals surface area contributed by atoms with Gasteiger partial charge in [0, 0.05) is 25.1 Å². The van der Waals surface area contributed by atoms with Crippen molar-refractivity contribution >= 4 is 27.5 Å². The van der Waals surface area contributed by atoms with Crippen LogP contribution in [0.25, 0.3) is 0 Å². The number of hydrogen-bond donors (Lipinski definition) is 2. The standard InChI is InChI=1S/C20H29N3O3S/c24-20(14-16-8-3-1-4-9-16)22-17-10-7-11-18(15-17)27(25,26)23-19-12-5-2-6-13-21-19/h7,10-11,15-16H,1-6,8-9,12-14H2,(H,21,23)(H,22,24). The number of carbonyl (C=O) groups excluding carboxylic acids is 1. The van der Waals surface area contributed by atoms with E-state index in [2.05, 4.69) is 15.0 Å². The summed E-state index contributed by atoms with van der Waals surface area (Å²) in [6.45, 7) is 0.662. The molecule has 27 heavy (non-hydrogen) atoms. The highest BCUT2D eigenvalue weighted by molar-refractivity contribution is 7.90. The second-order valence-electron chi connectivity index (χ2n) is 7.53. The Labute approximate surface area is 161 Å². The summed E-state index contributed by atoms with van der Waals surface area (Å²) in [4.78, 5) is 16.8. The Kier molecular flexibility index (Phi) is 6.88. The first-order valence-electron chi connectivity index (χ1n) is 9.99. The van der Waals surface area contributed by atoms with Crippen molar-refractivity contribution < 1.29 is 13.2 Å². The highest BCUT2D eigenvalue weighted by Gasteiger charge is 2.19. The van der Waals surface area contributed by atoms with Crippen LogP contribution in [0.1, 0.15) is 64.2 Å². The summed E-state index contributed by atoms with van der Waals surface area (Å²) >= 11 is 0. The van der Waals surface area contributed by atoms with E-state index in [4.69, 9.17) is 0 Å². The molecule has 0 radical (unpaired) electrons. The van der Waals surface area contributed by atoms with Crippen LogP contribution in [0.5, 0.6) is 0 Å². The SMILES string of the molecule is O=C(CC1CCCCC1)Nc1cccc(S(=O)(=O)NC2=NCCCCC2)c1. The summed E-state index contributed by atoms with van der Waals surface area (Å²) in [5.41, 5.74) is 0.515. The van der Waals surface area contributed by atoms with Crippen molar-refractivity contribution in [2.45, 2.75) is 69.1 Å². The van der Waals surface area contributed by atoms with E-state index in [1.807, 2.05) is 0 Å². The lowest BCUT2D eigenvalue weighted by Gasteiger charge is -2.20. The molecular weight excluding hydrogens is 362 g/mol. The van der Waals surface area contributed by atoms with E-state index < -0.39 is 10.0 Å². The molecule has 0 spiro atoms. The maximum Gasteiger partial charge on any atom is 0.262 e. The molecule has 0 bridgehead atoms. The maximum absolute atomic E-state index is 12.7. The Bertz CT molecular complexity index is 783. The van der Waals surface area contributed by atoms with Gasteiger partial charge in [0.2, 0.25) is 5.91 Å². The minimum atomic E-state index is -3.69. The van der Waals surface area contributed by atoms with Gasteiger partial charge in [-0.2, -0.15) is 0 Å². The molecule has 1 aromatic carbocycles. The zero-order valence-corrected chi connectivity index (χ0v) is 16.6. The molecule has 1 saturated carbocycles. The van der Waals surface area contributed by atoms with Gasteiger partial charge in [-0.05, 0) is 49.8 Å². The van der Waals surface area contributed by atoms with Crippen molar-refractivity contribution in [2.75, 3.05) is 11.9 Å². The summed E-state index contributed by atoms with van der Waals surface area (Å²) < 4.78 is 27.9. The first-order chi connectivity index (χ1) is 13.0. The lowest BCUT2D eigenvalue weighted by Crippen LogP contribution is -2.30. The van der Waals surface area contributed by atoms with Crippen molar-refractivity contribution in [2.24, 2.45) is 10.9 Å². The average Bonchev–Trinajstić information content (AvgIpc) is 2.91. The van der Waals surface area contributed by atoms with Crippen molar-refractivity contribution in [1.29, 1.82) is 0 Å².